The zero-order valence-corrected chi connectivity index (χ0v) is 20.3. The first kappa shape index (κ1) is 23.1. The number of nitrogens with one attached hydrogen (secondary N) is 1. The number of ether oxygens (including phenoxy) is 1. The number of hydrogen-bond acceptors (Lipinski definition) is 10. The minimum absolute atomic E-state index is 0.171. The van der Waals surface area contributed by atoms with Crippen molar-refractivity contribution in [3.63, 3.8) is 0 Å². The molecule has 0 aliphatic carbocycles. The summed E-state index contributed by atoms with van der Waals surface area (Å²) < 4.78 is 7.66. The maximum atomic E-state index is 5.98. The van der Waals surface area contributed by atoms with Crippen molar-refractivity contribution in [1.29, 1.82) is 0 Å². The number of aryl methyl sites for hydroxylation is 1. The van der Waals surface area contributed by atoms with Gasteiger partial charge >= 0.3 is 0 Å². The van der Waals surface area contributed by atoms with Crippen LogP contribution in [0.25, 0.3) is 0 Å². The van der Waals surface area contributed by atoms with E-state index in [-0.39, 0.29) is 5.95 Å². The summed E-state index contributed by atoms with van der Waals surface area (Å²) in [4.78, 5) is 15.3. The second-order valence-corrected chi connectivity index (χ2v) is 9.11. The fourth-order valence-electron chi connectivity index (χ4n) is 3.74. The molecule has 2 aromatic carbocycles. The fourth-order valence-corrected chi connectivity index (χ4v) is 4.53. The number of aromatic nitrogens is 6. The largest absolute Gasteiger partial charge is 0.378 e. The van der Waals surface area contributed by atoms with Crippen molar-refractivity contribution in [1.82, 2.24) is 29.7 Å². The van der Waals surface area contributed by atoms with Crippen LogP contribution < -0.4 is 16.0 Å². The molecule has 5 rings (SSSR count). The molecule has 0 saturated carbocycles. The number of nitrogens with two attached hydrogens (primary N) is 1. The Morgan fingerprint density at radius 1 is 0.971 bits per heavy atom. The molecule has 0 spiro atoms. The van der Waals surface area contributed by atoms with Gasteiger partial charge in [0.05, 0.1) is 25.5 Å². The number of anilines is 4. The van der Waals surface area contributed by atoms with Gasteiger partial charge in [-0.25, -0.2) is 0 Å². The van der Waals surface area contributed by atoms with Crippen molar-refractivity contribution in [3.8, 4) is 0 Å². The number of rotatable bonds is 8. The molecule has 1 saturated heterocycles. The molecule has 11 heteroatoms. The van der Waals surface area contributed by atoms with Crippen molar-refractivity contribution in [2.24, 2.45) is 0 Å². The second-order valence-electron chi connectivity index (χ2n) is 8.17. The summed E-state index contributed by atoms with van der Waals surface area (Å²) in [7, 11) is 0. The van der Waals surface area contributed by atoms with E-state index in [9.17, 15) is 0 Å². The number of hydrogen-bond donors (Lipinski definition) is 2. The van der Waals surface area contributed by atoms with Crippen LogP contribution >= 0.6 is 11.8 Å². The van der Waals surface area contributed by atoms with E-state index in [2.05, 4.69) is 52.1 Å². The van der Waals surface area contributed by atoms with Gasteiger partial charge in [0, 0.05) is 18.8 Å². The Morgan fingerprint density at radius 2 is 1.74 bits per heavy atom. The van der Waals surface area contributed by atoms with Crippen LogP contribution in [-0.4, -0.2) is 56.0 Å². The van der Waals surface area contributed by atoms with Crippen LogP contribution in [0, 0.1) is 6.92 Å². The van der Waals surface area contributed by atoms with E-state index in [0.29, 0.717) is 37.3 Å². The molecule has 1 aliphatic rings. The maximum absolute atomic E-state index is 5.98. The topological polar surface area (TPSA) is 120 Å². The lowest BCUT2D eigenvalue weighted by atomic mass is 10.2. The van der Waals surface area contributed by atoms with Crippen molar-refractivity contribution >= 4 is 35.3 Å². The highest BCUT2D eigenvalue weighted by Crippen LogP contribution is 2.26. The highest BCUT2D eigenvalue weighted by Gasteiger charge is 2.21. The number of thioether (sulfide) groups is 1. The third kappa shape index (κ3) is 5.87. The van der Waals surface area contributed by atoms with Crippen LogP contribution in [0.3, 0.4) is 0 Å². The Balaban J connectivity index is 1.35. The summed E-state index contributed by atoms with van der Waals surface area (Å²) in [5.41, 5.74) is 9.22. The maximum Gasteiger partial charge on any atom is 0.232 e. The van der Waals surface area contributed by atoms with Crippen LogP contribution in [-0.2, 0) is 17.0 Å². The predicted molar refractivity (Wildman–Crippen MR) is 137 cm³/mol. The number of benzene rings is 2. The summed E-state index contributed by atoms with van der Waals surface area (Å²) >= 11 is 1.53. The SMILES string of the molecule is Cc1ccc(Nc2nc(N)nc(CSc3nnc(N4CCOCC4)n3Cc3ccccc3)n2)cc1. The minimum atomic E-state index is 0.171. The molecule has 1 fully saturated rings. The molecular formula is C24H27N9OS. The third-order valence-corrected chi connectivity index (χ3v) is 6.47. The fraction of sp³-hybridized carbons (Fsp3) is 0.292. The van der Waals surface area contributed by atoms with Gasteiger partial charge in [-0.05, 0) is 24.6 Å². The Hall–Kier alpha value is -3.70. The summed E-state index contributed by atoms with van der Waals surface area (Å²) in [5, 5.41) is 13.0. The quantitative estimate of drug-likeness (QED) is 0.357. The van der Waals surface area contributed by atoms with Crippen molar-refractivity contribution < 1.29 is 4.74 Å². The lowest BCUT2D eigenvalue weighted by molar-refractivity contribution is 0.121. The third-order valence-electron chi connectivity index (χ3n) is 5.51. The average Bonchev–Trinajstić information content (AvgIpc) is 3.27. The van der Waals surface area contributed by atoms with E-state index in [0.717, 1.165) is 29.9 Å². The van der Waals surface area contributed by atoms with Gasteiger partial charge in [-0.3, -0.25) is 4.57 Å². The summed E-state index contributed by atoms with van der Waals surface area (Å²) in [6.07, 6.45) is 0. The number of nitrogens with zero attached hydrogens (tertiary/aromatic N) is 7. The van der Waals surface area contributed by atoms with Gasteiger partial charge < -0.3 is 20.7 Å². The Bertz CT molecular complexity index is 1260. The zero-order chi connectivity index (χ0) is 24.0. The predicted octanol–water partition coefficient (Wildman–Crippen LogP) is 3.27. The summed E-state index contributed by atoms with van der Waals surface area (Å²) in [6, 6.07) is 18.3. The standard InChI is InChI=1S/C24H27N9OS/c1-17-7-9-19(10-8-17)26-22-28-20(27-21(25)29-22)16-35-24-31-30-23(32-11-13-34-14-12-32)33(24)15-18-5-3-2-4-6-18/h2-10H,11-16H2,1H3,(H3,25,26,27,28,29). The lowest BCUT2D eigenvalue weighted by Gasteiger charge is -2.28. The number of nitrogen functional groups attached to an aromatic ring is 1. The molecule has 0 amide bonds. The highest BCUT2D eigenvalue weighted by atomic mass is 32.2. The van der Waals surface area contributed by atoms with Crippen LogP contribution in [0.1, 0.15) is 17.0 Å². The molecule has 4 aromatic rings. The van der Waals surface area contributed by atoms with Crippen LogP contribution in [0.4, 0.5) is 23.5 Å². The van der Waals surface area contributed by atoms with E-state index in [4.69, 9.17) is 10.5 Å². The highest BCUT2D eigenvalue weighted by molar-refractivity contribution is 7.98. The number of morpholine rings is 1. The van der Waals surface area contributed by atoms with E-state index >= 15 is 0 Å². The van der Waals surface area contributed by atoms with Crippen LogP contribution in [0.2, 0.25) is 0 Å². The van der Waals surface area contributed by atoms with E-state index in [1.165, 1.54) is 22.9 Å². The van der Waals surface area contributed by atoms with E-state index < -0.39 is 0 Å². The molecule has 1 aliphatic heterocycles. The van der Waals surface area contributed by atoms with Gasteiger partial charge in [0.25, 0.3) is 0 Å². The summed E-state index contributed by atoms with van der Waals surface area (Å²) in [6.45, 7) is 5.65. The van der Waals surface area contributed by atoms with Crippen LogP contribution in [0.5, 0.6) is 0 Å². The lowest BCUT2D eigenvalue weighted by Crippen LogP contribution is -2.38. The van der Waals surface area contributed by atoms with Gasteiger partial charge in [0.15, 0.2) is 5.16 Å². The first-order chi connectivity index (χ1) is 17.1. The first-order valence-corrected chi connectivity index (χ1v) is 12.4. The van der Waals surface area contributed by atoms with E-state index in [1.54, 1.807) is 0 Å². The molecule has 0 atom stereocenters. The second kappa shape index (κ2) is 10.7. The Morgan fingerprint density at radius 3 is 2.51 bits per heavy atom. The molecule has 0 unspecified atom stereocenters. The van der Waals surface area contributed by atoms with Crippen molar-refractivity contribution in [2.45, 2.75) is 24.4 Å². The first-order valence-electron chi connectivity index (χ1n) is 11.4. The van der Waals surface area contributed by atoms with Gasteiger partial charge in [-0.1, -0.05) is 59.8 Å². The van der Waals surface area contributed by atoms with E-state index in [1.807, 2.05) is 49.4 Å². The molecule has 3 heterocycles. The molecular weight excluding hydrogens is 462 g/mol. The smallest absolute Gasteiger partial charge is 0.232 e. The molecule has 35 heavy (non-hydrogen) atoms. The Labute approximate surface area is 208 Å². The van der Waals surface area contributed by atoms with Gasteiger partial charge in [-0.2, -0.15) is 15.0 Å². The monoisotopic (exact) mass is 489 g/mol. The van der Waals surface area contributed by atoms with Gasteiger partial charge in [-0.15, -0.1) is 10.2 Å². The molecule has 10 nitrogen and oxygen atoms in total. The molecule has 0 bridgehead atoms. The Kier molecular flexibility index (Phi) is 7.05. The molecule has 3 N–H and O–H groups in total. The normalized spacial score (nSPS) is 13.7. The molecule has 0 radical (unpaired) electrons. The van der Waals surface area contributed by atoms with Gasteiger partial charge in [0.1, 0.15) is 5.82 Å². The van der Waals surface area contributed by atoms with Crippen LogP contribution in [0.15, 0.2) is 59.8 Å². The van der Waals surface area contributed by atoms with Crippen molar-refractivity contribution in [3.05, 3.63) is 71.5 Å². The molecule has 2 aromatic heterocycles. The summed E-state index contributed by atoms with van der Waals surface area (Å²) in [5.74, 6) is 2.48. The molecule has 180 valence electrons. The minimum Gasteiger partial charge on any atom is -0.378 e. The average molecular weight is 490 g/mol. The van der Waals surface area contributed by atoms with Gasteiger partial charge in [0.2, 0.25) is 17.8 Å². The zero-order valence-electron chi connectivity index (χ0n) is 19.5. The van der Waals surface area contributed by atoms with Crippen molar-refractivity contribution in [2.75, 3.05) is 42.3 Å².